The Hall–Kier alpha value is -2.86. The van der Waals surface area contributed by atoms with Crippen molar-refractivity contribution in [1.82, 2.24) is 10.3 Å². The first-order chi connectivity index (χ1) is 13.1. The molecule has 27 heavy (non-hydrogen) atoms. The lowest BCUT2D eigenvalue weighted by Crippen LogP contribution is -2.30. The Morgan fingerprint density at radius 3 is 2.52 bits per heavy atom. The average molecular weight is 381 g/mol. The molecule has 0 aliphatic rings. The van der Waals surface area contributed by atoms with Crippen LogP contribution in [0.2, 0.25) is 0 Å². The van der Waals surface area contributed by atoms with Crippen LogP contribution in [-0.4, -0.2) is 16.9 Å². The fraction of sp³-hybridized carbons (Fsp3) is 0.238. The van der Waals surface area contributed by atoms with Gasteiger partial charge in [-0.05, 0) is 37.5 Å². The zero-order chi connectivity index (χ0) is 19.1. The molecule has 1 aromatic heterocycles. The number of nitrogens with one attached hydrogen (secondary N) is 3. The van der Waals surface area contributed by atoms with E-state index in [9.17, 15) is 4.79 Å². The van der Waals surface area contributed by atoms with Gasteiger partial charge < -0.3 is 5.32 Å². The summed E-state index contributed by atoms with van der Waals surface area (Å²) in [7, 11) is 0. The van der Waals surface area contributed by atoms with E-state index < -0.39 is 0 Å². The van der Waals surface area contributed by atoms with Gasteiger partial charge in [-0.15, -0.1) is 11.3 Å². The van der Waals surface area contributed by atoms with Crippen molar-refractivity contribution >= 4 is 28.1 Å². The minimum Gasteiger partial charge on any atom is -0.354 e. The van der Waals surface area contributed by atoms with Crippen molar-refractivity contribution in [3.05, 3.63) is 65.5 Å². The van der Waals surface area contributed by atoms with Gasteiger partial charge in [-0.3, -0.25) is 15.6 Å². The molecule has 0 saturated heterocycles. The molecule has 1 amide bonds. The van der Waals surface area contributed by atoms with Gasteiger partial charge in [-0.1, -0.05) is 42.5 Å². The van der Waals surface area contributed by atoms with Crippen LogP contribution in [0, 0.1) is 0 Å². The number of hydrogen-bond donors (Lipinski definition) is 3. The first kappa shape index (κ1) is 18.9. The maximum absolute atomic E-state index is 11.1. The van der Waals surface area contributed by atoms with E-state index in [0.717, 1.165) is 34.9 Å². The molecule has 5 nitrogen and oxygen atoms in total. The minimum absolute atomic E-state index is 0.0209. The average Bonchev–Trinajstić information content (AvgIpc) is 3.14. The predicted molar refractivity (Wildman–Crippen MR) is 113 cm³/mol. The molecule has 0 saturated carbocycles. The van der Waals surface area contributed by atoms with Crippen LogP contribution < -0.4 is 16.2 Å². The smallest absolute Gasteiger partial charge is 0.217 e. The molecule has 2 aromatic carbocycles. The minimum atomic E-state index is 0.0209. The molecule has 1 heterocycles. The summed E-state index contributed by atoms with van der Waals surface area (Å²) in [6.45, 7) is 3.58. The summed E-state index contributed by atoms with van der Waals surface area (Å²) < 4.78 is 0. The summed E-state index contributed by atoms with van der Waals surface area (Å²) in [6, 6.07) is 18.6. The summed E-state index contributed by atoms with van der Waals surface area (Å²) >= 11 is 1.56. The van der Waals surface area contributed by atoms with Crippen LogP contribution in [0.4, 0.5) is 10.8 Å². The van der Waals surface area contributed by atoms with E-state index >= 15 is 0 Å². The predicted octanol–water partition coefficient (Wildman–Crippen LogP) is 4.71. The summed E-state index contributed by atoms with van der Waals surface area (Å²) in [5.74, 6) is 0.0209. The Bertz CT molecular complexity index is 861. The molecule has 0 fully saturated rings. The Balaban J connectivity index is 1.54. The Morgan fingerprint density at radius 2 is 1.81 bits per heavy atom. The fourth-order valence-electron chi connectivity index (χ4n) is 2.76. The Kier molecular flexibility index (Phi) is 6.44. The monoisotopic (exact) mass is 380 g/mol. The summed E-state index contributed by atoms with van der Waals surface area (Å²) in [4.78, 5) is 15.7. The molecule has 3 aromatic rings. The van der Waals surface area contributed by atoms with Crippen molar-refractivity contribution in [1.29, 1.82) is 0 Å². The van der Waals surface area contributed by atoms with Crippen LogP contribution in [0.5, 0.6) is 0 Å². The molecule has 0 aliphatic heterocycles. The summed E-state index contributed by atoms with van der Waals surface area (Å²) in [5, 5.41) is 5.78. The topological polar surface area (TPSA) is 66.1 Å². The fourth-order valence-corrected chi connectivity index (χ4v) is 3.43. The number of aryl methyl sites for hydroxylation is 1. The number of nitrogens with zero attached hydrogens (tertiary/aromatic N) is 1. The lowest BCUT2D eigenvalue weighted by Gasteiger charge is -2.12. The number of carbonyl (C=O) groups is 1. The van der Waals surface area contributed by atoms with Gasteiger partial charge >= 0.3 is 0 Å². The van der Waals surface area contributed by atoms with Gasteiger partial charge in [0, 0.05) is 23.9 Å². The first-order valence-corrected chi connectivity index (χ1v) is 9.87. The number of thiazole rings is 1. The van der Waals surface area contributed by atoms with E-state index in [4.69, 9.17) is 0 Å². The molecule has 3 rings (SSSR count). The largest absolute Gasteiger partial charge is 0.354 e. The second-order valence-corrected chi connectivity index (χ2v) is 7.35. The number of hydrazine groups is 1. The molecule has 0 bridgehead atoms. The van der Waals surface area contributed by atoms with E-state index in [1.165, 1.54) is 5.56 Å². The van der Waals surface area contributed by atoms with Crippen molar-refractivity contribution in [2.45, 2.75) is 32.7 Å². The van der Waals surface area contributed by atoms with Crippen molar-refractivity contribution < 1.29 is 4.79 Å². The molecular weight excluding hydrogens is 356 g/mol. The van der Waals surface area contributed by atoms with E-state index in [1.807, 2.05) is 42.6 Å². The normalized spacial score (nSPS) is 11.6. The number of hydrogen-bond acceptors (Lipinski definition) is 5. The quantitative estimate of drug-likeness (QED) is 0.495. The van der Waals surface area contributed by atoms with Gasteiger partial charge in [0.05, 0.1) is 11.4 Å². The summed E-state index contributed by atoms with van der Waals surface area (Å²) in [5.41, 5.74) is 10.6. The zero-order valence-electron chi connectivity index (χ0n) is 15.5. The van der Waals surface area contributed by atoms with Crippen molar-refractivity contribution in [2.75, 3.05) is 10.9 Å². The number of rotatable bonds is 8. The highest BCUT2D eigenvalue weighted by Crippen LogP contribution is 2.25. The molecule has 0 unspecified atom stereocenters. The molecule has 140 valence electrons. The van der Waals surface area contributed by atoms with E-state index in [-0.39, 0.29) is 11.9 Å². The van der Waals surface area contributed by atoms with Crippen LogP contribution in [0.3, 0.4) is 0 Å². The second-order valence-electron chi connectivity index (χ2n) is 6.49. The van der Waals surface area contributed by atoms with Crippen molar-refractivity contribution in [2.24, 2.45) is 0 Å². The highest BCUT2D eigenvalue weighted by Gasteiger charge is 2.06. The van der Waals surface area contributed by atoms with Crippen LogP contribution >= 0.6 is 11.3 Å². The second kappa shape index (κ2) is 9.19. The Labute approximate surface area is 163 Å². The number of carbonyl (C=O) groups excluding carboxylic acids is 1. The van der Waals surface area contributed by atoms with Gasteiger partial charge in [-0.25, -0.2) is 4.98 Å². The molecule has 0 spiro atoms. The van der Waals surface area contributed by atoms with E-state index in [0.29, 0.717) is 0 Å². The molecule has 0 radical (unpaired) electrons. The molecule has 1 atom stereocenters. The van der Waals surface area contributed by atoms with Crippen molar-refractivity contribution in [3.63, 3.8) is 0 Å². The standard InChI is InChI=1S/C21H24N4OS/c1-15(22-16(2)26)8-9-17-10-12-18(13-11-17)20-14-27-21(23-20)25-24-19-6-4-3-5-7-19/h3-7,10-15,24H,8-9H2,1-2H3,(H,22,26)(H,23,25)/t15-/m0/s1. The van der Waals surface area contributed by atoms with Gasteiger partial charge in [-0.2, -0.15) is 0 Å². The molecular formula is C21H24N4OS. The van der Waals surface area contributed by atoms with Gasteiger partial charge in [0.1, 0.15) is 0 Å². The number of amides is 1. The van der Waals surface area contributed by atoms with E-state index in [1.54, 1.807) is 18.3 Å². The first-order valence-electron chi connectivity index (χ1n) is 8.99. The molecule has 0 aliphatic carbocycles. The third kappa shape index (κ3) is 5.82. The van der Waals surface area contributed by atoms with Gasteiger partial charge in [0.2, 0.25) is 11.0 Å². The molecule has 3 N–H and O–H groups in total. The lowest BCUT2D eigenvalue weighted by atomic mass is 10.0. The Morgan fingerprint density at radius 1 is 1.07 bits per heavy atom. The van der Waals surface area contributed by atoms with Crippen LogP contribution in [0.25, 0.3) is 11.3 Å². The number of para-hydroxylation sites is 1. The maximum Gasteiger partial charge on any atom is 0.217 e. The number of benzene rings is 2. The van der Waals surface area contributed by atoms with Crippen LogP contribution in [-0.2, 0) is 11.2 Å². The highest BCUT2D eigenvalue weighted by molar-refractivity contribution is 7.14. The van der Waals surface area contributed by atoms with Crippen molar-refractivity contribution in [3.8, 4) is 11.3 Å². The lowest BCUT2D eigenvalue weighted by molar-refractivity contribution is -0.119. The zero-order valence-corrected chi connectivity index (χ0v) is 16.3. The van der Waals surface area contributed by atoms with Crippen LogP contribution in [0.15, 0.2) is 60.0 Å². The van der Waals surface area contributed by atoms with Crippen LogP contribution in [0.1, 0.15) is 25.8 Å². The third-order valence-corrected chi connectivity index (χ3v) is 4.91. The number of aromatic nitrogens is 1. The maximum atomic E-state index is 11.1. The third-order valence-electron chi connectivity index (χ3n) is 4.16. The molecule has 6 heteroatoms. The van der Waals surface area contributed by atoms with Gasteiger partial charge in [0.25, 0.3) is 0 Å². The SMILES string of the molecule is CC(=O)N[C@@H](C)CCc1ccc(-c2csc(NNc3ccccc3)n2)cc1. The summed E-state index contributed by atoms with van der Waals surface area (Å²) in [6.07, 6.45) is 1.86. The van der Waals surface area contributed by atoms with Gasteiger partial charge in [0.15, 0.2) is 0 Å². The van der Waals surface area contributed by atoms with E-state index in [2.05, 4.69) is 45.4 Å². The number of anilines is 2. The highest BCUT2D eigenvalue weighted by atomic mass is 32.1.